The lowest BCUT2D eigenvalue weighted by atomic mass is 10.2. The highest BCUT2D eigenvalue weighted by molar-refractivity contribution is 5.88. The van der Waals surface area contributed by atoms with Crippen LogP contribution in [0.1, 0.15) is 25.0 Å². The van der Waals surface area contributed by atoms with E-state index in [0.717, 1.165) is 11.1 Å². The molecule has 0 spiro atoms. The number of rotatable bonds is 9. The topological polar surface area (TPSA) is 54.0 Å². The van der Waals surface area contributed by atoms with Crippen LogP contribution < -0.4 is 18.9 Å². The molecule has 0 radical (unpaired) electrons. The fourth-order valence-corrected chi connectivity index (χ4v) is 2.80. The lowest BCUT2D eigenvalue weighted by molar-refractivity contribution is -0.128. The summed E-state index contributed by atoms with van der Waals surface area (Å²) in [5.41, 5.74) is 1.89. The summed E-state index contributed by atoms with van der Waals surface area (Å²) in [6, 6.07) is 22.3. The zero-order valence-electron chi connectivity index (χ0n) is 17.9. The molecule has 31 heavy (non-hydrogen) atoms. The van der Waals surface area contributed by atoms with Crippen LogP contribution in [0.3, 0.4) is 0 Å². The Morgan fingerprint density at radius 3 is 2.29 bits per heavy atom. The monoisotopic (exact) mass is 418 g/mol. The summed E-state index contributed by atoms with van der Waals surface area (Å²) in [6.45, 7) is 4.38. The Labute approximate surface area is 182 Å². The highest BCUT2D eigenvalue weighted by Crippen LogP contribution is 2.29. The Balaban J connectivity index is 1.54. The summed E-state index contributed by atoms with van der Waals surface area (Å²) in [5.74, 6) is 1.94. The molecule has 0 aliphatic rings. The van der Waals surface area contributed by atoms with Gasteiger partial charge in [-0.25, -0.2) is 4.79 Å². The summed E-state index contributed by atoms with van der Waals surface area (Å²) in [7, 11) is 1.58. The number of carbonyl (C=O) groups excluding carboxylic acids is 1. The highest BCUT2D eigenvalue weighted by atomic mass is 16.5. The van der Waals surface area contributed by atoms with E-state index in [4.69, 9.17) is 18.9 Å². The lowest BCUT2D eigenvalue weighted by Gasteiger charge is -2.13. The van der Waals surface area contributed by atoms with Gasteiger partial charge in [-0.05, 0) is 67.4 Å². The van der Waals surface area contributed by atoms with Crippen LogP contribution >= 0.6 is 0 Å². The number of hydrogen-bond donors (Lipinski definition) is 0. The number of hydrogen-bond acceptors (Lipinski definition) is 5. The molecule has 0 amide bonds. The lowest BCUT2D eigenvalue weighted by Crippen LogP contribution is -2.06. The van der Waals surface area contributed by atoms with E-state index in [1.807, 2.05) is 56.3 Å². The number of carbonyl (C=O) groups is 1. The highest BCUT2D eigenvalue weighted by Gasteiger charge is 2.07. The Morgan fingerprint density at radius 2 is 1.61 bits per heavy atom. The molecule has 3 aromatic carbocycles. The van der Waals surface area contributed by atoms with Crippen LogP contribution in [0.25, 0.3) is 6.08 Å². The fourth-order valence-electron chi connectivity index (χ4n) is 2.80. The van der Waals surface area contributed by atoms with Gasteiger partial charge in [0.05, 0.1) is 13.2 Å². The predicted octanol–water partition coefficient (Wildman–Crippen LogP) is 5.68. The minimum absolute atomic E-state index is 0.0420. The molecule has 0 aromatic heterocycles. The third-order valence-corrected chi connectivity index (χ3v) is 4.25. The summed E-state index contributed by atoms with van der Waals surface area (Å²) in [5, 5.41) is 0. The molecule has 5 nitrogen and oxygen atoms in total. The van der Waals surface area contributed by atoms with Crippen LogP contribution in [-0.2, 0) is 11.4 Å². The maximum Gasteiger partial charge on any atom is 0.336 e. The zero-order chi connectivity index (χ0) is 22.1. The average Bonchev–Trinajstić information content (AvgIpc) is 2.78. The summed E-state index contributed by atoms with van der Waals surface area (Å²) in [6.07, 6.45) is 3.08. The van der Waals surface area contributed by atoms with E-state index < -0.39 is 5.97 Å². The zero-order valence-corrected chi connectivity index (χ0v) is 17.9. The second-order valence-corrected chi connectivity index (χ2v) is 7.08. The first-order valence-electron chi connectivity index (χ1n) is 10.0. The van der Waals surface area contributed by atoms with Crippen LogP contribution in [-0.4, -0.2) is 19.2 Å². The maximum atomic E-state index is 12.2. The predicted molar refractivity (Wildman–Crippen MR) is 121 cm³/mol. The van der Waals surface area contributed by atoms with E-state index in [1.54, 1.807) is 43.5 Å². The van der Waals surface area contributed by atoms with Gasteiger partial charge in [-0.15, -0.1) is 0 Å². The van der Waals surface area contributed by atoms with Gasteiger partial charge in [0.25, 0.3) is 0 Å². The molecule has 0 bridgehead atoms. The number of ether oxygens (including phenoxy) is 4. The summed E-state index contributed by atoms with van der Waals surface area (Å²) < 4.78 is 22.1. The van der Waals surface area contributed by atoms with Crippen LogP contribution in [0, 0.1) is 0 Å². The van der Waals surface area contributed by atoms with Crippen molar-refractivity contribution in [2.45, 2.75) is 26.6 Å². The third kappa shape index (κ3) is 6.93. The smallest absolute Gasteiger partial charge is 0.336 e. The van der Waals surface area contributed by atoms with Crippen molar-refractivity contribution in [3.63, 3.8) is 0 Å². The van der Waals surface area contributed by atoms with Crippen LogP contribution in [0.2, 0.25) is 0 Å². The molecule has 0 heterocycles. The van der Waals surface area contributed by atoms with E-state index in [2.05, 4.69) is 0 Å². The standard InChI is InChI=1S/C26H26O5/c1-19(2)30-24-15-9-20(17-25(24)28-3)10-16-26(27)31-23-13-11-22(12-14-23)29-18-21-7-5-4-6-8-21/h4-17,19H,18H2,1-3H3/b16-10+. The first-order valence-corrected chi connectivity index (χ1v) is 10.0. The van der Waals surface area contributed by atoms with Crippen molar-refractivity contribution in [1.29, 1.82) is 0 Å². The second-order valence-electron chi connectivity index (χ2n) is 7.08. The van der Waals surface area contributed by atoms with Crippen molar-refractivity contribution < 1.29 is 23.7 Å². The third-order valence-electron chi connectivity index (χ3n) is 4.25. The van der Waals surface area contributed by atoms with E-state index in [-0.39, 0.29) is 6.10 Å². The van der Waals surface area contributed by atoms with Crippen molar-refractivity contribution in [2.24, 2.45) is 0 Å². The van der Waals surface area contributed by atoms with Gasteiger partial charge in [0, 0.05) is 6.08 Å². The minimum atomic E-state index is -0.473. The van der Waals surface area contributed by atoms with Crippen LogP contribution in [0.15, 0.2) is 78.9 Å². The molecule has 0 unspecified atom stereocenters. The Bertz CT molecular complexity index is 1010. The van der Waals surface area contributed by atoms with Crippen molar-refractivity contribution >= 4 is 12.0 Å². The molecule has 160 valence electrons. The van der Waals surface area contributed by atoms with Gasteiger partial charge < -0.3 is 18.9 Å². The molecule has 0 fully saturated rings. The maximum absolute atomic E-state index is 12.2. The Morgan fingerprint density at radius 1 is 0.903 bits per heavy atom. The van der Waals surface area contributed by atoms with Gasteiger partial charge in [0.2, 0.25) is 0 Å². The van der Waals surface area contributed by atoms with Gasteiger partial charge in [-0.1, -0.05) is 36.4 Å². The second kappa shape index (κ2) is 10.9. The molecule has 0 aliphatic heterocycles. The molecule has 0 saturated heterocycles. The van der Waals surface area contributed by atoms with Crippen molar-refractivity contribution in [3.8, 4) is 23.0 Å². The number of esters is 1. The summed E-state index contributed by atoms with van der Waals surface area (Å²) >= 11 is 0. The molecule has 3 aromatic rings. The first kappa shape index (κ1) is 22.0. The molecular formula is C26H26O5. The van der Waals surface area contributed by atoms with Crippen molar-refractivity contribution in [3.05, 3.63) is 90.0 Å². The van der Waals surface area contributed by atoms with Crippen LogP contribution in [0.5, 0.6) is 23.0 Å². The number of methoxy groups -OCH3 is 1. The Hall–Kier alpha value is -3.73. The van der Waals surface area contributed by atoms with Gasteiger partial charge in [-0.3, -0.25) is 0 Å². The molecule has 0 aliphatic carbocycles. The first-order chi connectivity index (χ1) is 15.0. The quantitative estimate of drug-likeness (QED) is 0.254. The van der Waals surface area contributed by atoms with Crippen molar-refractivity contribution in [1.82, 2.24) is 0 Å². The molecule has 3 rings (SSSR count). The van der Waals surface area contributed by atoms with E-state index >= 15 is 0 Å². The normalized spacial score (nSPS) is 10.8. The molecule has 0 atom stereocenters. The number of benzene rings is 3. The van der Waals surface area contributed by atoms with Gasteiger partial charge in [0.15, 0.2) is 11.5 Å². The van der Waals surface area contributed by atoms with Gasteiger partial charge >= 0.3 is 5.97 Å². The fraction of sp³-hybridized carbons (Fsp3) is 0.192. The Kier molecular flexibility index (Phi) is 7.71. The van der Waals surface area contributed by atoms with Crippen molar-refractivity contribution in [2.75, 3.05) is 7.11 Å². The molecular weight excluding hydrogens is 392 g/mol. The van der Waals surface area contributed by atoms with E-state index in [1.165, 1.54) is 6.08 Å². The molecule has 0 N–H and O–H groups in total. The van der Waals surface area contributed by atoms with Gasteiger partial charge in [0.1, 0.15) is 18.1 Å². The molecule has 0 saturated carbocycles. The SMILES string of the molecule is COc1cc(/C=C/C(=O)Oc2ccc(OCc3ccccc3)cc2)ccc1OC(C)C. The largest absolute Gasteiger partial charge is 0.493 e. The molecule has 5 heteroatoms. The van der Waals surface area contributed by atoms with E-state index in [9.17, 15) is 4.79 Å². The van der Waals surface area contributed by atoms with Crippen LogP contribution in [0.4, 0.5) is 0 Å². The minimum Gasteiger partial charge on any atom is -0.493 e. The van der Waals surface area contributed by atoms with Gasteiger partial charge in [-0.2, -0.15) is 0 Å². The summed E-state index contributed by atoms with van der Waals surface area (Å²) in [4.78, 5) is 12.2. The average molecular weight is 418 g/mol. The van der Waals surface area contributed by atoms with E-state index in [0.29, 0.717) is 29.6 Å².